The number of para-hydroxylation sites is 1. The summed E-state index contributed by atoms with van der Waals surface area (Å²) in [5.74, 6) is 0. The van der Waals surface area contributed by atoms with Crippen molar-refractivity contribution in [1.82, 2.24) is 4.98 Å². The highest BCUT2D eigenvalue weighted by molar-refractivity contribution is 5.94. The van der Waals surface area contributed by atoms with Gasteiger partial charge in [-0.1, -0.05) is 12.1 Å². The monoisotopic (exact) mass is 303 g/mol. The number of alkyl halides is 3. The molecule has 0 saturated heterocycles. The van der Waals surface area contributed by atoms with Crippen LogP contribution in [-0.4, -0.2) is 4.98 Å². The van der Waals surface area contributed by atoms with Crippen LogP contribution >= 0.6 is 0 Å². The van der Waals surface area contributed by atoms with E-state index in [0.717, 1.165) is 11.8 Å². The molecule has 1 heterocycles. The van der Waals surface area contributed by atoms with Crippen molar-refractivity contribution in [2.24, 2.45) is 0 Å². The van der Waals surface area contributed by atoms with Gasteiger partial charge in [0.2, 0.25) is 0 Å². The van der Waals surface area contributed by atoms with Crippen molar-refractivity contribution < 1.29 is 13.2 Å². The minimum absolute atomic E-state index is 0.0737. The average molecular weight is 303 g/mol. The highest BCUT2D eigenvalue weighted by Gasteiger charge is 2.33. The Hall–Kier alpha value is -2.76. The van der Waals surface area contributed by atoms with Crippen LogP contribution < -0.4 is 11.1 Å². The van der Waals surface area contributed by atoms with Crippen molar-refractivity contribution in [1.29, 1.82) is 0 Å². The summed E-state index contributed by atoms with van der Waals surface area (Å²) in [4.78, 5) is 3.88. The summed E-state index contributed by atoms with van der Waals surface area (Å²) < 4.78 is 39.1. The smallest absolute Gasteiger partial charge is 0.399 e. The fourth-order valence-corrected chi connectivity index (χ4v) is 2.24. The molecule has 0 bridgehead atoms. The van der Waals surface area contributed by atoms with Gasteiger partial charge in [0, 0.05) is 28.6 Å². The summed E-state index contributed by atoms with van der Waals surface area (Å²) in [6.45, 7) is 0. The molecule has 0 amide bonds. The molecule has 0 radical (unpaired) electrons. The molecule has 6 heteroatoms. The van der Waals surface area contributed by atoms with E-state index in [1.807, 2.05) is 0 Å². The maximum absolute atomic E-state index is 13.0. The van der Waals surface area contributed by atoms with E-state index in [0.29, 0.717) is 16.8 Å². The summed E-state index contributed by atoms with van der Waals surface area (Å²) in [5, 5.41) is 3.50. The van der Waals surface area contributed by atoms with Gasteiger partial charge in [0.25, 0.3) is 0 Å². The summed E-state index contributed by atoms with van der Waals surface area (Å²) >= 11 is 0. The highest BCUT2D eigenvalue weighted by atomic mass is 19.4. The van der Waals surface area contributed by atoms with E-state index in [2.05, 4.69) is 10.3 Å². The lowest BCUT2D eigenvalue weighted by atomic mass is 10.1. The van der Waals surface area contributed by atoms with Crippen LogP contribution in [0.15, 0.2) is 54.7 Å². The Bertz CT molecular complexity index is 811. The number of benzene rings is 2. The Morgan fingerprint density at radius 1 is 0.955 bits per heavy atom. The standard InChI is InChI=1S/C16H12F3N3/c17-16(18,19)13-3-1-2-12-14(8-9-21-15(12)13)22-11-6-4-10(20)5-7-11/h1-9H,20H2,(H,21,22). The first-order chi connectivity index (χ1) is 10.4. The largest absolute Gasteiger partial charge is 0.418 e. The van der Waals surface area contributed by atoms with Gasteiger partial charge in [0.05, 0.1) is 11.1 Å². The number of nitrogens with two attached hydrogens (primary N) is 1. The van der Waals surface area contributed by atoms with E-state index in [1.54, 1.807) is 36.4 Å². The summed E-state index contributed by atoms with van der Waals surface area (Å²) in [6, 6.07) is 12.6. The van der Waals surface area contributed by atoms with Crippen molar-refractivity contribution in [3.05, 3.63) is 60.3 Å². The first-order valence-electron chi connectivity index (χ1n) is 6.52. The van der Waals surface area contributed by atoms with Crippen LogP contribution in [0.4, 0.5) is 30.2 Å². The Labute approximate surface area is 124 Å². The van der Waals surface area contributed by atoms with E-state index >= 15 is 0 Å². The van der Waals surface area contributed by atoms with Gasteiger partial charge in [-0.2, -0.15) is 13.2 Å². The number of anilines is 3. The minimum Gasteiger partial charge on any atom is -0.399 e. The molecule has 112 valence electrons. The number of hydrogen-bond donors (Lipinski definition) is 2. The molecule has 0 unspecified atom stereocenters. The molecule has 0 atom stereocenters. The van der Waals surface area contributed by atoms with Gasteiger partial charge in [-0.3, -0.25) is 4.98 Å². The molecule has 3 N–H and O–H groups in total. The molecule has 0 saturated carbocycles. The number of nitrogen functional groups attached to an aromatic ring is 1. The lowest BCUT2D eigenvalue weighted by Crippen LogP contribution is -2.06. The minimum atomic E-state index is -4.44. The van der Waals surface area contributed by atoms with Crippen molar-refractivity contribution in [3.63, 3.8) is 0 Å². The lowest BCUT2D eigenvalue weighted by molar-refractivity contribution is -0.136. The second kappa shape index (κ2) is 5.22. The maximum Gasteiger partial charge on any atom is 0.418 e. The molecule has 22 heavy (non-hydrogen) atoms. The molecule has 2 aromatic carbocycles. The number of pyridine rings is 1. The Balaban J connectivity index is 2.09. The van der Waals surface area contributed by atoms with Crippen LogP contribution in [0.2, 0.25) is 0 Å². The SMILES string of the molecule is Nc1ccc(Nc2ccnc3c(C(F)(F)F)cccc23)cc1. The second-order valence-corrected chi connectivity index (χ2v) is 4.81. The topological polar surface area (TPSA) is 50.9 Å². The van der Waals surface area contributed by atoms with Crippen LogP contribution in [0.5, 0.6) is 0 Å². The van der Waals surface area contributed by atoms with Crippen molar-refractivity contribution in [3.8, 4) is 0 Å². The number of nitrogens with one attached hydrogen (secondary N) is 1. The van der Waals surface area contributed by atoms with E-state index in [-0.39, 0.29) is 5.52 Å². The molecule has 3 aromatic rings. The Kier molecular flexibility index (Phi) is 3.36. The molecular weight excluding hydrogens is 291 g/mol. The molecule has 3 rings (SSSR count). The number of fused-ring (bicyclic) bond motifs is 1. The van der Waals surface area contributed by atoms with E-state index in [9.17, 15) is 13.2 Å². The third-order valence-electron chi connectivity index (χ3n) is 3.27. The number of halogens is 3. The summed E-state index contributed by atoms with van der Waals surface area (Å²) in [5.41, 5.74) is 6.70. The van der Waals surface area contributed by atoms with Gasteiger partial charge in [0.1, 0.15) is 0 Å². The quantitative estimate of drug-likeness (QED) is 0.681. The van der Waals surface area contributed by atoms with Crippen molar-refractivity contribution >= 4 is 28.0 Å². The number of hydrogen-bond acceptors (Lipinski definition) is 3. The van der Waals surface area contributed by atoms with Gasteiger partial charge in [0.15, 0.2) is 0 Å². The van der Waals surface area contributed by atoms with E-state index in [4.69, 9.17) is 5.73 Å². The van der Waals surface area contributed by atoms with E-state index < -0.39 is 11.7 Å². The zero-order valence-electron chi connectivity index (χ0n) is 11.4. The van der Waals surface area contributed by atoms with Gasteiger partial charge >= 0.3 is 6.18 Å². The van der Waals surface area contributed by atoms with E-state index in [1.165, 1.54) is 12.3 Å². The lowest BCUT2D eigenvalue weighted by Gasteiger charge is -2.13. The fraction of sp³-hybridized carbons (Fsp3) is 0.0625. The Morgan fingerprint density at radius 3 is 2.36 bits per heavy atom. The molecule has 0 aliphatic rings. The summed E-state index contributed by atoms with van der Waals surface area (Å²) in [6.07, 6.45) is -3.08. The molecule has 1 aromatic heterocycles. The normalized spacial score (nSPS) is 11.6. The second-order valence-electron chi connectivity index (χ2n) is 4.81. The highest BCUT2D eigenvalue weighted by Crippen LogP contribution is 2.36. The predicted octanol–water partition coefficient (Wildman–Crippen LogP) is 4.58. The van der Waals surface area contributed by atoms with Crippen molar-refractivity contribution in [2.75, 3.05) is 11.1 Å². The molecule has 0 fully saturated rings. The number of rotatable bonds is 2. The van der Waals surface area contributed by atoms with Crippen LogP contribution in [0.25, 0.3) is 10.9 Å². The van der Waals surface area contributed by atoms with Gasteiger partial charge < -0.3 is 11.1 Å². The third-order valence-corrected chi connectivity index (χ3v) is 3.27. The average Bonchev–Trinajstić information content (AvgIpc) is 2.48. The van der Waals surface area contributed by atoms with Gasteiger partial charge in [-0.25, -0.2) is 0 Å². The number of aromatic nitrogens is 1. The molecular formula is C16H12F3N3. The molecule has 0 aliphatic carbocycles. The van der Waals surface area contributed by atoms with Gasteiger partial charge in [-0.15, -0.1) is 0 Å². The van der Waals surface area contributed by atoms with Gasteiger partial charge in [-0.05, 0) is 36.4 Å². The maximum atomic E-state index is 13.0. The van der Waals surface area contributed by atoms with Crippen LogP contribution in [0.3, 0.4) is 0 Å². The van der Waals surface area contributed by atoms with Crippen molar-refractivity contribution in [2.45, 2.75) is 6.18 Å². The predicted molar refractivity (Wildman–Crippen MR) is 80.9 cm³/mol. The first kappa shape index (κ1) is 14.2. The zero-order valence-corrected chi connectivity index (χ0v) is 11.4. The number of nitrogens with zero attached hydrogens (tertiary/aromatic N) is 1. The third kappa shape index (κ3) is 2.67. The zero-order chi connectivity index (χ0) is 15.7. The van der Waals surface area contributed by atoms with Crippen LogP contribution in [-0.2, 0) is 6.18 Å². The molecule has 0 aliphatic heterocycles. The molecule has 0 spiro atoms. The first-order valence-corrected chi connectivity index (χ1v) is 6.52. The Morgan fingerprint density at radius 2 is 1.68 bits per heavy atom. The van der Waals surface area contributed by atoms with Crippen LogP contribution in [0, 0.1) is 0 Å². The van der Waals surface area contributed by atoms with Crippen LogP contribution in [0.1, 0.15) is 5.56 Å². The fourth-order valence-electron chi connectivity index (χ4n) is 2.24. The molecule has 3 nitrogen and oxygen atoms in total. The summed E-state index contributed by atoms with van der Waals surface area (Å²) in [7, 11) is 0.